The second-order valence-corrected chi connectivity index (χ2v) is 6.06. The molecule has 1 saturated heterocycles. The third-order valence-corrected chi connectivity index (χ3v) is 4.08. The number of rotatable bonds is 10. The van der Waals surface area contributed by atoms with E-state index in [1.54, 1.807) is 0 Å². The van der Waals surface area contributed by atoms with Crippen molar-refractivity contribution < 1.29 is 34.7 Å². The summed E-state index contributed by atoms with van der Waals surface area (Å²) in [4.78, 5) is 11.8. The van der Waals surface area contributed by atoms with Crippen LogP contribution in [0.5, 0.6) is 0 Å². The van der Waals surface area contributed by atoms with Gasteiger partial charge in [0.15, 0.2) is 0 Å². The summed E-state index contributed by atoms with van der Waals surface area (Å²) >= 11 is 0. The predicted octanol–water partition coefficient (Wildman–Crippen LogP) is 0.470. The molecule has 7 nitrogen and oxygen atoms in total. The molecule has 0 aromatic heterocycles. The van der Waals surface area contributed by atoms with Gasteiger partial charge in [-0.05, 0) is 6.42 Å². The van der Waals surface area contributed by atoms with E-state index in [2.05, 4.69) is 6.92 Å². The van der Waals surface area contributed by atoms with Crippen LogP contribution in [0, 0.1) is 0 Å². The van der Waals surface area contributed by atoms with Gasteiger partial charge in [0.2, 0.25) is 6.29 Å². The standard InChI is InChI=1S/C16H30O7/c1-2-3-4-5-6-7-8-9-12(18)23-16-15(21)14(20)13(19)11(10-17)22-16/h11,13-17,19-21H,2-10H2,1H3/t11-,13-,14+,15-,16+/m1/s1. The van der Waals surface area contributed by atoms with Crippen LogP contribution in [0.1, 0.15) is 58.3 Å². The van der Waals surface area contributed by atoms with Gasteiger partial charge in [-0.3, -0.25) is 4.79 Å². The Labute approximate surface area is 137 Å². The molecule has 0 unspecified atom stereocenters. The van der Waals surface area contributed by atoms with Crippen molar-refractivity contribution in [1.29, 1.82) is 0 Å². The quantitative estimate of drug-likeness (QED) is 0.339. The fraction of sp³-hybridized carbons (Fsp3) is 0.938. The number of hydrogen-bond acceptors (Lipinski definition) is 7. The second kappa shape index (κ2) is 10.9. The average Bonchev–Trinajstić information content (AvgIpc) is 2.54. The number of carbonyl (C=O) groups is 1. The molecule has 1 rings (SSSR count). The van der Waals surface area contributed by atoms with Crippen LogP contribution in [-0.4, -0.2) is 63.7 Å². The van der Waals surface area contributed by atoms with Gasteiger partial charge in [-0.25, -0.2) is 0 Å². The second-order valence-electron chi connectivity index (χ2n) is 6.06. The summed E-state index contributed by atoms with van der Waals surface area (Å²) in [6, 6.07) is 0. The molecule has 0 amide bonds. The van der Waals surface area contributed by atoms with Gasteiger partial charge in [0, 0.05) is 6.42 Å². The molecule has 0 spiro atoms. The zero-order valence-corrected chi connectivity index (χ0v) is 13.8. The van der Waals surface area contributed by atoms with Gasteiger partial charge in [0.05, 0.1) is 6.61 Å². The lowest BCUT2D eigenvalue weighted by atomic mass is 9.99. The van der Waals surface area contributed by atoms with Crippen molar-refractivity contribution >= 4 is 5.97 Å². The lowest BCUT2D eigenvalue weighted by Gasteiger charge is -2.39. The summed E-state index contributed by atoms with van der Waals surface area (Å²) in [5.74, 6) is -0.525. The Hall–Kier alpha value is -0.730. The zero-order valence-electron chi connectivity index (χ0n) is 13.8. The number of unbranched alkanes of at least 4 members (excludes halogenated alkanes) is 6. The molecule has 0 saturated carbocycles. The van der Waals surface area contributed by atoms with Gasteiger partial charge >= 0.3 is 5.97 Å². The van der Waals surface area contributed by atoms with Gasteiger partial charge in [-0.1, -0.05) is 45.4 Å². The van der Waals surface area contributed by atoms with Crippen molar-refractivity contribution in [2.75, 3.05) is 6.61 Å². The molecule has 4 N–H and O–H groups in total. The van der Waals surface area contributed by atoms with Crippen molar-refractivity contribution in [3.63, 3.8) is 0 Å². The molecule has 0 radical (unpaired) electrons. The van der Waals surface area contributed by atoms with Crippen LogP contribution in [-0.2, 0) is 14.3 Å². The van der Waals surface area contributed by atoms with E-state index >= 15 is 0 Å². The molecule has 1 aliphatic rings. The van der Waals surface area contributed by atoms with E-state index in [9.17, 15) is 20.1 Å². The minimum absolute atomic E-state index is 0.211. The third-order valence-electron chi connectivity index (χ3n) is 4.08. The van der Waals surface area contributed by atoms with Crippen molar-refractivity contribution in [2.24, 2.45) is 0 Å². The lowest BCUT2D eigenvalue weighted by Crippen LogP contribution is -2.59. The van der Waals surface area contributed by atoms with E-state index in [-0.39, 0.29) is 6.42 Å². The molecule has 0 aromatic carbocycles. The first-order valence-electron chi connectivity index (χ1n) is 8.51. The van der Waals surface area contributed by atoms with Gasteiger partial charge in [0.25, 0.3) is 0 Å². The molecule has 5 atom stereocenters. The maximum Gasteiger partial charge on any atom is 0.308 e. The zero-order chi connectivity index (χ0) is 17.2. The highest BCUT2D eigenvalue weighted by atomic mass is 16.7. The fourth-order valence-electron chi connectivity index (χ4n) is 2.58. The summed E-state index contributed by atoms with van der Waals surface area (Å²) in [6.45, 7) is 1.62. The molecule has 1 aliphatic heterocycles. The largest absolute Gasteiger partial charge is 0.433 e. The van der Waals surface area contributed by atoms with Crippen LogP contribution in [0.15, 0.2) is 0 Å². The van der Waals surface area contributed by atoms with E-state index < -0.39 is 43.3 Å². The van der Waals surface area contributed by atoms with Crippen molar-refractivity contribution in [3.8, 4) is 0 Å². The van der Waals surface area contributed by atoms with E-state index in [0.29, 0.717) is 6.42 Å². The van der Waals surface area contributed by atoms with Crippen LogP contribution in [0.25, 0.3) is 0 Å². The van der Waals surface area contributed by atoms with Crippen LogP contribution in [0.2, 0.25) is 0 Å². The monoisotopic (exact) mass is 334 g/mol. The molecule has 0 aliphatic carbocycles. The fourth-order valence-corrected chi connectivity index (χ4v) is 2.58. The SMILES string of the molecule is CCCCCCCCCC(=O)O[C@@H]1O[C@H](CO)[C@@H](O)[C@H](O)[C@H]1O. The first-order valence-corrected chi connectivity index (χ1v) is 8.51. The molecular formula is C16H30O7. The van der Waals surface area contributed by atoms with Gasteiger partial charge in [-0.2, -0.15) is 0 Å². The van der Waals surface area contributed by atoms with Gasteiger partial charge in [-0.15, -0.1) is 0 Å². The van der Waals surface area contributed by atoms with Crippen LogP contribution >= 0.6 is 0 Å². The third kappa shape index (κ3) is 6.73. The molecule has 0 aromatic rings. The number of carbonyl (C=O) groups excluding carboxylic acids is 1. The van der Waals surface area contributed by atoms with Crippen molar-refractivity contribution in [3.05, 3.63) is 0 Å². The van der Waals surface area contributed by atoms with Crippen LogP contribution in [0.3, 0.4) is 0 Å². The van der Waals surface area contributed by atoms with Crippen molar-refractivity contribution in [2.45, 2.75) is 89.0 Å². The lowest BCUT2D eigenvalue weighted by molar-refractivity contribution is -0.292. The van der Waals surface area contributed by atoms with E-state index in [4.69, 9.17) is 14.6 Å². The molecule has 1 heterocycles. The Kier molecular flexibility index (Phi) is 9.66. The average molecular weight is 334 g/mol. The normalized spacial score (nSPS) is 31.1. The Bertz CT molecular complexity index is 334. The first kappa shape index (κ1) is 20.3. The Morgan fingerprint density at radius 3 is 2.17 bits per heavy atom. The molecule has 23 heavy (non-hydrogen) atoms. The Balaban J connectivity index is 2.25. The summed E-state index contributed by atoms with van der Waals surface area (Å²) in [7, 11) is 0. The minimum Gasteiger partial charge on any atom is -0.433 e. The topological polar surface area (TPSA) is 116 Å². The van der Waals surface area contributed by atoms with Crippen molar-refractivity contribution in [1.82, 2.24) is 0 Å². The van der Waals surface area contributed by atoms with Gasteiger partial charge in [0.1, 0.15) is 24.4 Å². The smallest absolute Gasteiger partial charge is 0.308 e. The molecule has 136 valence electrons. The highest BCUT2D eigenvalue weighted by molar-refractivity contribution is 5.69. The van der Waals surface area contributed by atoms with E-state index in [1.165, 1.54) is 19.3 Å². The number of aliphatic hydroxyl groups excluding tert-OH is 4. The summed E-state index contributed by atoms with van der Waals surface area (Å²) in [5.41, 5.74) is 0. The summed E-state index contributed by atoms with van der Waals surface area (Å²) in [6.07, 6.45) is 0.779. The number of hydrogen-bond donors (Lipinski definition) is 4. The predicted molar refractivity (Wildman–Crippen MR) is 82.5 cm³/mol. The van der Waals surface area contributed by atoms with Gasteiger partial charge < -0.3 is 29.9 Å². The molecule has 1 fully saturated rings. The van der Waals surface area contributed by atoms with Crippen LogP contribution in [0.4, 0.5) is 0 Å². The minimum atomic E-state index is -1.54. The maximum absolute atomic E-state index is 11.8. The summed E-state index contributed by atoms with van der Waals surface area (Å²) < 4.78 is 10.1. The Morgan fingerprint density at radius 2 is 1.57 bits per heavy atom. The summed E-state index contributed by atoms with van der Waals surface area (Å²) in [5, 5.41) is 38.1. The first-order chi connectivity index (χ1) is 11.0. The Morgan fingerprint density at radius 1 is 0.957 bits per heavy atom. The van der Waals surface area contributed by atoms with E-state index in [1.807, 2.05) is 0 Å². The molecule has 0 bridgehead atoms. The maximum atomic E-state index is 11.8. The highest BCUT2D eigenvalue weighted by Gasteiger charge is 2.45. The molecular weight excluding hydrogens is 304 g/mol. The number of esters is 1. The van der Waals surface area contributed by atoms with E-state index in [0.717, 1.165) is 19.3 Å². The molecule has 7 heteroatoms. The number of aliphatic hydroxyl groups is 4. The number of ether oxygens (including phenoxy) is 2. The highest BCUT2D eigenvalue weighted by Crippen LogP contribution is 2.22. The van der Waals surface area contributed by atoms with Crippen LogP contribution < -0.4 is 0 Å².